The molecule has 0 radical (unpaired) electrons. The molecule has 0 aliphatic heterocycles. The van der Waals surface area contributed by atoms with Crippen LogP contribution in [0, 0.1) is 0 Å². The number of quaternary nitrogens is 1. The van der Waals surface area contributed by atoms with E-state index in [9.17, 15) is 37.1 Å². The highest BCUT2D eigenvalue weighted by atomic mass is 32.2. The predicted octanol–water partition coefficient (Wildman–Crippen LogP) is 4.07. The van der Waals surface area contributed by atoms with Crippen molar-refractivity contribution in [3.63, 3.8) is 0 Å². The summed E-state index contributed by atoms with van der Waals surface area (Å²) in [6.07, 6.45) is 2.53. The van der Waals surface area contributed by atoms with Gasteiger partial charge in [0.25, 0.3) is 5.91 Å². The van der Waals surface area contributed by atoms with Gasteiger partial charge in [-0.3, -0.25) is 14.1 Å². The highest BCUT2D eigenvalue weighted by Crippen LogP contribution is 2.20. The first kappa shape index (κ1) is 50.0. The molecule has 3 N–H and O–H groups in total. The topological polar surface area (TPSA) is 219 Å². The zero-order valence-electron chi connectivity index (χ0n) is 33.1. The molecule has 0 saturated carbocycles. The summed E-state index contributed by atoms with van der Waals surface area (Å²) in [5.41, 5.74) is -7.55. The van der Waals surface area contributed by atoms with Crippen LogP contribution >= 0.6 is 0 Å². The van der Waals surface area contributed by atoms with Crippen LogP contribution in [0.4, 0.5) is 23.8 Å². The Bertz CT molecular complexity index is 1530. The molecule has 0 bridgehead atoms. The van der Waals surface area contributed by atoms with Crippen molar-refractivity contribution in [3.8, 4) is 0 Å². The van der Waals surface area contributed by atoms with Crippen LogP contribution in [0.2, 0.25) is 0 Å². The molecule has 1 aromatic heterocycles. The first-order chi connectivity index (χ1) is 24.1. The van der Waals surface area contributed by atoms with E-state index in [4.69, 9.17) is 27.2 Å². The Morgan fingerprint density at radius 2 is 1.22 bits per heavy atom. The first-order valence-corrected chi connectivity index (χ1v) is 18.3. The van der Waals surface area contributed by atoms with Gasteiger partial charge in [-0.05, 0) is 94.1 Å². The number of urea groups is 1. The summed E-state index contributed by atoms with van der Waals surface area (Å²) in [4.78, 5) is 68.2. The molecular weight excluding hydrogens is 743 g/mol. The van der Waals surface area contributed by atoms with Gasteiger partial charge in [-0.1, -0.05) is 0 Å². The predicted molar refractivity (Wildman–Crippen MR) is 192 cm³/mol. The Morgan fingerprint density at radius 3 is 1.59 bits per heavy atom. The summed E-state index contributed by atoms with van der Waals surface area (Å²) in [6, 6.07) is 0.524. The second-order valence-electron chi connectivity index (χ2n) is 16.0. The SMILES string of the molecule is CC(C)(C)OC(=O)CCC(NC(=O)NC(CCCCNC(=O)c1ccc([N+](C)(C)C)nc1)C(=O)OC(C)(C)C)C(=O)OC(C)(C)C.O=S(=O)([O-])C(F)(F)F. The maximum Gasteiger partial charge on any atom is 0.485 e. The van der Waals surface area contributed by atoms with Gasteiger partial charge in [-0.25, -0.2) is 27.8 Å². The molecule has 3 amide bonds. The Hall–Kier alpha value is -4.04. The molecule has 1 aromatic rings. The highest BCUT2D eigenvalue weighted by molar-refractivity contribution is 7.86. The minimum absolute atomic E-state index is 0.0678. The molecule has 1 rings (SSSR count). The minimum atomic E-state index is -6.09. The maximum absolute atomic E-state index is 13.1. The van der Waals surface area contributed by atoms with Crippen LogP contribution < -0.4 is 20.4 Å². The van der Waals surface area contributed by atoms with Gasteiger partial charge in [0.15, 0.2) is 10.1 Å². The Balaban J connectivity index is 0.00000313. The van der Waals surface area contributed by atoms with E-state index in [1.54, 1.807) is 68.4 Å². The van der Waals surface area contributed by atoms with Crippen molar-refractivity contribution in [2.45, 2.75) is 129 Å². The Morgan fingerprint density at radius 1 is 0.778 bits per heavy atom. The molecule has 2 atom stereocenters. The number of hydrogen-bond donors (Lipinski definition) is 3. The fourth-order valence-electron chi connectivity index (χ4n) is 3.95. The van der Waals surface area contributed by atoms with E-state index in [1.807, 2.05) is 27.2 Å². The fourth-order valence-corrected chi connectivity index (χ4v) is 3.95. The van der Waals surface area contributed by atoms with Crippen molar-refractivity contribution in [2.75, 3.05) is 27.7 Å². The monoisotopic (exact) mass is 799 g/mol. The maximum atomic E-state index is 13.1. The second kappa shape index (κ2) is 20.0. The molecule has 1 heterocycles. The number of carbonyl (C=O) groups excluding carboxylic acids is 5. The molecule has 0 aromatic carbocycles. The lowest BCUT2D eigenvalue weighted by atomic mass is 10.1. The van der Waals surface area contributed by atoms with Crippen LogP contribution in [-0.4, -0.2) is 110 Å². The number of nitrogens with one attached hydrogen (secondary N) is 3. The van der Waals surface area contributed by atoms with Gasteiger partial charge in [-0.15, -0.1) is 0 Å². The molecule has 310 valence electrons. The molecular formula is C34H56F3N5O11S. The summed E-state index contributed by atoms with van der Waals surface area (Å²) >= 11 is 0. The van der Waals surface area contributed by atoms with E-state index < -0.39 is 68.5 Å². The number of rotatable bonds is 14. The third kappa shape index (κ3) is 22.2. The average molecular weight is 800 g/mol. The Kier molecular flexibility index (Phi) is 18.5. The molecule has 0 saturated heterocycles. The number of hydrogen-bond acceptors (Lipinski definition) is 12. The summed E-state index contributed by atoms with van der Waals surface area (Å²) in [6.45, 7) is 15.8. The van der Waals surface area contributed by atoms with Crippen molar-refractivity contribution >= 4 is 45.8 Å². The number of nitrogens with zero attached hydrogens (tertiary/aromatic N) is 2. The van der Waals surface area contributed by atoms with Crippen LogP contribution in [0.1, 0.15) is 105 Å². The van der Waals surface area contributed by atoms with Crippen LogP contribution in [0.15, 0.2) is 18.3 Å². The van der Waals surface area contributed by atoms with E-state index in [-0.39, 0.29) is 25.2 Å². The fraction of sp³-hybridized carbons (Fsp3) is 0.706. The number of unbranched alkanes of at least 4 members (excludes halogenated alkanes) is 1. The van der Waals surface area contributed by atoms with Gasteiger partial charge in [0.2, 0.25) is 5.82 Å². The van der Waals surface area contributed by atoms with E-state index in [0.29, 0.717) is 29.4 Å². The molecule has 0 aliphatic carbocycles. The number of amides is 3. The van der Waals surface area contributed by atoms with E-state index in [1.165, 1.54) is 6.20 Å². The van der Waals surface area contributed by atoms with Crippen molar-refractivity contribution < 1.29 is 64.3 Å². The molecule has 0 aliphatic rings. The number of esters is 3. The van der Waals surface area contributed by atoms with Gasteiger partial charge in [0.05, 0.1) is 26.7 Å². The van der Waals surface area contributed by atoms with Gasteiger partial charge in [0.1, 0.15) is 28.9 Å². The third-order valence-corrected chi connectivity index (χ3v) is 6.80. The zero-order valence-corrected chi connectivity index (χ0v) is 33.9. The van der Waals surface area contributed by atoms with Crippen molar-refractivity contribution in [3.05, 3.63) is 23.9 Å². The molecule has 16 nitrogen and oxygen atoms in total. The van der Waals surface area contributed by atoms with Gasteiger partial charge < -0.3 is 34.7 Å². The molecule has 54 heavy (non-hydrogen) atoms. The normalized spacial score (nSPS) is 13.6. The summed E-state index contributed by atoms with van der Waals surface area (Å²) in [7, 11) is -0.140. The molecule has 0 fully saturated rings. The molecule has 20 heteroatoms. The van der Waals surface area contributed by atoms with E-state index in [2.05, 4.69) is 20.9 Å². The van der Waals surface area contributed by atoms with Crippen LogP contribution in [0.3, 0.4) is 0 Å². The molecule has 2 unspecified atom stereocenters. The van der Waals surface area contributed by atoms with Gasteiger partial charge >= 0.3 is 29.4 Å². The largest absolute Gasteiger partial charge is 0.741 e. The summed E-state index contributed by atoms with van der Waals surface area (Å²) in [5.74, 6) is -1.34. The number of aromatic nitrogens is 1. The number of carbonyl (C=O) groups is 5. The number of alkyl halides is 3. The lowest BCUT2D eigenvalue weighted by Crippen LogP contribution is -2.53. The van der Waals surface area contributed by atoms with Gasteiger partial charge in [-0.2, -0.15) is 13.2 Å². The minimum Gasteiger partial charge on any atom is -0.741 e. The van der Waals surface area contributed by atoms with Crippen LogP contribution in [0.5, 0.6) is 0 Å². The summed E-state index contributed by atoms with van der Waals surface area (Å²) in [5, 5.41) is 8.00. The van der Waals surface area contributed by atoms with Crippen molar-refractivity contribution in [1.82, 2.24) is 25.4 Å². The highest BCUT2D eigenvalue weighted by Gasteiger charge is 2.37. The van der Waals surface area contributed by atoms with E-state index in [0.717, 1.165) is 5.82 Å². The lowest BCUT2D eigenvalue weighted by molar-refractivity contribution is -0.159. The number of pyridine rings is 1. The zero-order chi connectivity index (χ0) is 42.5. The third-order valence-electron chi connectivity index (χ3n) is 6.24. The molecule has 0 spiro atoms. The number of ether oxygens (including phenoxy) is 3. The van der Waals surface area contributed by atoms with Crippen LogP contribution in [-0.2, 0) is 38.7 Å². The first-order valence-electron chi connectivity index (χ1n) is 16.9. The smallest absolute Gasteiger partial charge is 0.485 e. The van der Waals surface area contributed by atoms with E-state index >= 15 is 0 Å². The quantitative estimate of drug-likeness (QED) is 0.0606. The second-order valence-corrected chi connectivity index (χ2v) is 17.4. The van der Waals surface area contributed by atoms with Crippen LogP contribution in [0.25, 0.3) is 0 Å². The average Bonchev–Trinajstić information content (AvgIpc) is 2.94. The Labute approximate surface area is 315 Å². The van der Waals surface area contributed by atoms with Gasteiger partial charge in [0, 0.05) is 25.2 Å². The van der Waals surface area contributed by atoms with Crippen molar-refractivity contribution in [1.29, 1.82) is 0 Å². The van der Waals surface area contributed by atoms with Crippen molar-refractivity contribution in [2.24, 2.45) is 0 Å². The summed E-state index contributed by atoms with van der Waals surface area (Å²) < 4.78 is 75.7. The number of halogens is 3. The lowest BCUT2D eigenvalue weighted by Gasteiger charge is -2.27. The standard InChI is InChI=1S/C33H55N5O8.CHF3O3S/c1-31(2,3)44-26(39)19-17-24(29(42)46-33(7,8)9)37-30(43)36-23(28(41)45-32(4,5)6)15-13-14-20-34-27(40)22-16-18-25(35-21-22)38(10,11)12;2-1(3,4)8(5,6)7/h16,18,21,23-24H,13-15,17,19-20H2,1-12H3,(H2-,34,36,37,40,43);(H,5,6,7).